The van der Waals surface area contributed by atoms with Crippen LogP contribution in [0.1, 0.15) is 39.0 Å². The molecule has 2 fully saturated rings. The molecule has 0 aromatic rings. The highest BCUT2D eigenvalue weighted by Crippen LogP contribution is 2.30. The van der Waals surface area contributed by atoms with Gasteiger partial charge in [0, 0.05) is 19.3 Å². The second kappa shape index (κ2) is 5.13. The Labute approximate surface area is 87.4 Å². The lowest BCUT2D eigenvalue weighted by Gasteiger charge is -2.25. The maximum atomic E-state index is 5.35. The van der Waals surface area contributed by atoms with Crippen LogP contribution in [-0.4, -0.2) is 25.8 Å². The van der Waals surface area contributed by atoms with Gasteiger partial charge < -0.3 is 10.1 Å². The Morgan fingerprint density at radius 2 is 1.93 bits per heavy atom. The number of hydrogen-bond donors (Lipinski definition) is 1. The van der Waals surface area contributed by atoms with Gasteiger partial charge in [0.1, 0.15) is 0 Å². The Balaban J connectivity index is 1.65. The average Bonchev–Trinajstić information content (AvgIpc) is 2.63. The number of rotatable bonds is 3. The summed E-state index contributed by atoms with van der Waals surface area (Å²) in [4.78, 5) is 0. The Bertz CT molecular complexity index is 166. The molecule has 1 saturated heterocycles. The van der Waals surface area contributed by atoms with Gasteiger partial charge in [-0.1, -0.05) is 19.8 Å². The van der Waals surface area contributed by atoms with Gasteiger partial charge in [-0.25, -0.2) is 0 Å². The van der Waals surface area contributed by atoms with E-state index in [-0.39, 0.29) is 0 Å². The van der Waals surface area contributed by atoms with Crippen molar-refractivity contribution in [1.29, 1.82) is 0 Å². The van der Waals surface area contributed by atoms with Gasteiger partial charge in [-0.05, 0) is 37.6 Å². The van der Waals surface area contributed by atoms with Gasteiger partial charge in [0.25, 0.3) is 0 Å². The number of ether oxygens (including phenoxy) is 1. The van der Waals surface area contributed by atoms with E-state index < -0.39 is 0 Å². The zero-order valence-electron chi connectivity index (χ0n) is 9.30. The lowest BCUT2D eigenvalue weighted by Crippen LogP contribution is -2.38. The summed E-state index contributed by atoms with van der Waals surface area (Å²) >= 11 is 0. The van der Waals surface area contributed by atoms with E-state index in [9.17, 15) is 0 Å². The van der Waals surface area contributed by atoms with Crippen LogP contribution in [-0.2, 0) is 4.74 Å². The molecule has 2 unspecified atom stereocenters. The van der Waals surface area contributed by atoms with E-state index in [4.69, 9.17) is 4.74 Å². The van der Waals surface area contributed by atoms with Gasteiger partial charge >= 0.3 is 0 Å². The summed E-state index contributed by atoms with van der Waals surface area (Å²) in [6, 6.07) is 0.733. The highest BCUT2D eigenvalue weighted by atomic mass is 16.5. The van der Waals surface area contributed by atoms with Crippen molar-refractivity contribution < 1.29 is 4.74 Å². The van der Waals surface area contributed by atoms with Gasteiger partial charge in [-0.3, -0.25) is 0 Å². The van der Waals surface area contributed by atoms with E-state index >= 15 is 0 Å². The highest BCUT2D eigenvalue weighted by molar-refractivity contribution is 4.78. The van der Waals surface area contributed by atoms with Crippen LogP contribution in [0.3, 0.4) is 0 Å². The predicted octanol–water partition coefficient (Wildman–Crippen LogP) is 2.19. The minimum Gasteiger partial charge on any atom is -0.381 e. The summed E-state index contributed by atoms with van der Waals surface area (Å²) in [5, 5.41) is 3.71. The zero-order chi connectivity index (χ0) is 9.80. The molecule has 82 valence electrons. The van der Waals surface area contributed by atoms with Crippen molar-refractivity contribution in [2.75, 3.05) is 19.8 Å². The molecule has 0 spiro atoms. The summed E-state index contributed by atoms with van der Waals surface area (Å²) in [7, 11) is 0. The summed E-state index contributed by atoms with van der Waals surface area (Å²) in [6.07, 6.45) is 6.75. The van der Waals surface area contributed by atoms with Crippen LogP contribution in [0, 0.1) is 11.8 Å². The van der Waals surface area contributed by atoms with Crippen molar-refractivity contribution in [2.24, 2.45) is 11.8 Å². The van der Waals surface area contributed by atoms with Crippen LogP contribution in [0.15, 0.2) is 0 Å². The monoisotopic (exact) mass is 197 g/mol. The molecule has 1 N–H and O–H groups in total. The molecule has 1 aliphatic heterocycles. The predicted molar refractivity (Wildman–Crippen MR) is 58.3 cm³/mol. The van der Waals surface area contributed by atoms with Crippen LogP contribution >= 0.6 is 0 Å². The molecule has 0 radical (unpaired) electrons. The minimum atomic E-state index is 0.733. The third-order valence-corrected chi connectivity index (χ3v) is 3.93. The average molecular weight is 197 g/mol. The summed E-state index contributed by atoms with van der Waals surface area (Å²) < 4.78 is 5.35. The van der Waals surface area contributed by atoms with Gasteiger partial charge in [0.05, 0.1) is 0 Å². The molecule has 2 aliphatic rings. The maximum Gasteiger partial charge on any atom is 0.0480 e. The topological polar surface area (TPSA) is 21.3 Å². The van der Waals surface area contributed by atoms with Crippen LogP contribution < -0.4 is 5.32 Å². The summed E-state index contributed by atoms with van der Waals surface area (Å²) in [5.74, 6) is 1.89. The largest absolute Gasteiger partial charge is 0.381 e. The molecule has 1 aliphatic carbocycles. The SMILES string of the molecule is CC1CCCC1CNC1CCOCC1. The van der Waals surface area contributed by atoms with Crippen LogP contribution in [0.5, 0.6) is 0 Å². The van der Waals surface area contributed by atoms with Crippen molar-refractivity contribution in [3.8, 4) is 0 Å². The highest BCUT2D eigenvalue weighted by Gasteiger charge is 2.24. The minimum absolute atomic E-state index is 0.733. The second-order valence-corrected chi connectivity index (χ2v) is 4.96. The maximum absolute atomic E-state index is 5.35. The smallest absolute Gasteiger partial charge is 0.0480 e. The van der Waals surface area contributed by atoms with Crippen molar-refractivity contribution in [2.45, 2.75) is 45.1 Å². The molecule has 14 heavy (non-hydrogen) atoms. The molecule has 0 aromatic carbocycles. The standard InChI is InChI=1S/C12H23NO/c1-10-3-2-4-11(10)9-13-12-5-7-14-8-6-12/h10-13H,2-9H2,1H3. The summed E-state index contributed by atoms with van der Waals surface area (Å²) in [6.45, 7) is 5.56. The molecule has 2 atom stereocenters. The van der Waals surface area contributed by atoms with E-state index in [0.717, 1.165) is 31.1 Å². The zero-order valence-corrected chi connectivity index (χ0v) is 9.30. The van der Waals surface area contributed by atoms with Crippen molar-refractivity contribution in [3.63, 3.8) is 0 Å². The Kier molecular flexibility index (Phi) is 3.82. The molecule has 2 rings (SSSR count). The van der Waals surface area contributed by atoms with Crippen LogP contribution in [0.25, 0.3) is 0 Å². The van der Waals surface area contributed by atoms with E-state index in [1.165, 1.54) is 38.6 Å². The van der Waals surface area contributed by atoms with Gasteiger partial charge in [-0.2, -0.15) is 0 Å². The van der Waals surface area contributed by atoms with Crippen molar-refractivity contribution in [3.05, 3.63) is 0 Å². The van der Waals surface area contributed by atoms with Crippen molar-refractivity contribution >= 4 is 0 Å². The van der Waals surface area contributed by atoms with E-state index in [0.29, 0.717) is 0 Å². The van der Waals surface area contributed by atoms with Gasteiger partial charge in [0.2, 0.25) is 0 Å². The lowest BCUT2D eigenvalue weighted by molar-refractivity contribution is 0.0765. The van der Waals surface area contributed by atoms with E-state index in [1.807, 2.05) is 0 Å². The number of nitrogens with one attached hydrogen (secondary N) is 1. The molecule has 2 nitrogen and oxygen atoms in total. The third kappa shape index (κ3) is 2.71. The second-order valence-electron chi connectivity index (χ2n) is 4.96. The number of hydrogen-bond acceptors (Lipinski definition) is 2. The lowest BCUT2D eigenvalue weighted by atomic mass is 9.97. The molecular weight excluding hydrogens is 174 g/mol. The molecule has 2 heteroatoms. The van der Waals surface area contributed by atoms with Crippen LogP contribution in [0.4, 0.5) is 0 Å². The Hall–Kier alpha value is -0.0800. The first-order chi connectivity index (χ1) is 6.86. The Morgan fingerprint density at radius 3 is 2.57 bits per heavy atom. The summed E-state index contributed by atoms with van der Waals surface area (Å²) in [5.41, 5.74) is 0. The van der Waals surface area contributed by atoms with Crippen molar-refractivity contribution in [1.82, 2.24) is 5.32 Å². The quantitative estimate of drug-likeness (QED) is 0.749. The molecular formula is C12H23NO. The fraction of sp³-hybridized carbons (Fsp3) is 1.00. The first kappa shape index (κ1) is 10.4. The fourth-order valence-corrected chi connectivity index (χ4v) is 2.75. The molecule has 0 aromatic heterocycles. The molecule has 0 bridgehead atoms. The molecule has 0 amide bonds. The van der Waals surface area contributed by atoms with E-state index in [1.54, 1.807) is 0 Å². The van der Waals surface area contributed by atoms with Crippen LogP contribution in [0.2, 0.25) is 0 Å². The first-order valence-electron chi connectivity index (χ1n) is 6.17. The fourth-order valence-electron chi connectivity index (χ4n) is 2.75. The van der Waals surface area contributed by atoms with Gasteiger partial charge in [0.15, 0.2) is 0 Å². The normalized spacial score (nSPS) is 34.9. The van der Waals surface area contributed by atoms with E-state index in [2.05, 4.69) is 12.2 Å². The third-order valence-electron chi connectivity index (χ3n) is 3.93. The molecule has 1 saturated carbocycles. The molecule has 1 heterocycles. The van der Waals surface area contributed by atoms with Gasteiger partial charge in [-0.15, -0.1) is 0 Å². The Morgan fingerprint density at radius 1 is 1.14 bits per heavy atom. The first-order valence-corrected chi connectivity index (χ1v) is 6.17.